The Labute approximate surface area is 118 Å². The number of alkyl halides is 2. The molecule has 20 heavy (non-hydrogen) atoms. The standard InChI is InChI=1S/C13H11F2NO3S/c1-2-7-16-11(17)8-19-12(18)9-5-3-4-6-10(9)20-13(14)15/h1,3-6,13H,7-8H2,(H,16,17). The number of ether oxygens (including phenoxy) is 1. The molecule has 0 aromatic heterocycles. The zero-order valence-electron chi connectivity index (χ0n) is 10.3. The summed E-state index contributed by atoms with van der Waals surface area (Å²) in [5.41, 5.74) is -0.0115. The summed E-state index contributed by atoms with van der Waals surface area (Å²) in [6, 6.07) is 5.78. The fourth-order valence-corrected chi connectivity index (χ4v) is 1.87. The van der Waals surface area contributed by atoms with Crippen molar-refractivity contribution in [1.82, 2.24) is 5.32 Å². The van der Waals surface area contributed by atoms with E-state index in [2.05, 4.69) is 11.2 Å². The van der Waals surface area contributed by atoms with Crippen LogP contribution in [0.3, 0.4) is 0 Å². The Bertz CT molecular complexity index is 529. The molecule has 0 atom stereocenters. The molecule has 0 radical (unpaired) electrons. The van der Waals surface area contributed by atoms with Crippen LogP contribution in [0.1, 0.15) is 10.4 Å². The average molecular weight is 299 g/mol. The van der Waals surface area contributed by atoms with Crippen LogP contribution in [0, 0.1) is 12.3 Å². The number of carbonyl (C=O) groups excluding carboxylic acids is 2. The van der Waals surface area contributed by atoms with E-state index in [0.717, 1.165) is 0 Å². The van der Waals surface area contributed by atoms with Gasteiger partial charge in [0, 0.05) is 4.90 Å². The highest BCUT2D eigenvalue weighted by atomic mass is 32.2. The Balaban J connectivity index is 2.64. The highest BCUT2D eigenvalue weighted by molar-refractivity contribution is 7.99. The first-order valence-electron chi connectivity index (χ1n) is 5.45. The summed E-state index contributed by atoms with van der Waals surface area (Å²) in [4.78, 5) is 23.0. The molecule has 0 bridgehead atoms. The van der Waals surface area contributed by atoms with Crippen LogP contribution in [0.4, 0.5) is 8.78 Å². The summed E-state index contributed by atoms with van der Waals surface area (Å²) in [6.45, 7) is -0.498. The average Bonchev–Trinajstić information content (AvgIpc) is 2.42. The second kappa shape index (κ2) is 8.17. The van der Waals surface area contributed by atoms with Crippen LogP contribution in [0.2, 0.25) is 0 Å². The van der Waals surface area contributed by atoms with Crippen molar-refractivity contribution in [2.24, 2.45) is 0 Å². The predicted molar refractivity (Wildman–Crippen MR) is 70.4 cm³/mol. The van der Waals surface area contributed by atoms with Crippen molar-refractivity contribution in [2.45, 2.75) is 10.7 Å². The van der Waals surface area contributed by atoms with Gasteiger partial charge in [0.1, 0.15) is 0 Å². The minimum atomic E-state index is -2.65. The third kappa shape index (κ3) is 5.28. The van der Waals surface area contributed by atoms with Gasteiger partial charge >= 0.3 is 5.97 Å². The number of halogens is 2. The van der Waals surface area contributed by atoms with Gasteiger partial charge in [-0.2, -0.15) is 8.78 Å². The summed E-state index contributed by atoms with van der Waals surface area (Å²) in [5, 5.41) is 2.31. The highest BCUT2D eigenvalue weighted by Crippen LogP contribution is 2.28. The van der Waals surface area contributed by atoms with Crippen molar-refractivity contribution in [3.63, 3.8) is 0 Å². The van der Waals surface area contributed by atoms with Crippen LogP contribution in [-0.2, 0) is 9.53 Å². The van der Waals surface area contributed by atoms with E-state index in [1.807, 2.05) is 0 Å². The van der Waals surface area contributed by atoms with Crippen molar-refractivity contribution in [1.29, 1.82) is 0 Å². The van der Waals surface area contributed by atoms with Crippen LogP contribution >= 0.6 is 11.8 Å². The smallest absolute Gasteiger partial charge is 0.339 e. The van der Waals surface area contributed by atoms with E-state index in [0.29, 0.717) is 0 Å². The van der Waals surface area contributed by atoms with Crippen molar-refractivity contribution < 1.29 is 23.1 Å². The molecule has 1 N–H and O–H groups in total. The molecule has 0 aliphatic heterocycles. The third-order valence-corrected chi connectivity index (χ3v) is 2.83. The first-order valence-corrected chi connectivity index (χ1v) is 6.33. The third-order valence-electron chi connectivity index (χ3n) is 2.05. The van der Waals surface area contributed by atoms with Gasteiger partial charge in [0.25, 0.3) is 11.7 Å². The quantitative estimate of drug-likeness (QED) is 0.495. The normalized spacial score (nSPS) is 9.90. The zero-order valence-corrected chi connectivity index (χ0v) is 11.1. The largest absolute Gasteiger partial charge is 0.452 e. The molecule has 1 amide bonds. The molecule has 0 fully saturated rings. The number of benzene rings is 1. The van der Waals surface area contributed by atoms with Crippen molar-refractivity contribution in [3.8, 4) is 12.3 Å². The molecule has 0 saturated heterocycles. The van der Waals surface area contributed by atoms with Gasteiger partial charge < -0.3 is 10.1 Å². The van der Waals surface area contributed by atoms with E-state index in [-0.39, 0.29) is 28.8 Å². The van der Waals surface area contributed by atoms with Crippen molar-refractivity contribution in [3.05, 3.63) is 29.8 Å². The summed E-state index contributed by atoms with van der Waals surface area (Å²) >= 11 is 0.240. The first kappa shape index (κ1) is 16.0. The first-order chi connectivity index (χ1) is 9.54. The lowest BCUT2D eigenvalue weighted by atomic mass is 10.2. The summed E-state index contributed by atoms with van der Waals surface area (Å²) in [5.74, 6) is -1.86. The number of rotatable bonds is 6. The number of esters is 1. The molecule has 0 aliphatic rings. The van der Waals surface area contributed by atoms with Crippen LogP contribution < -0.4 is 5.32 Å². The molecule has 1 rings (SSSR count). The van der Waals surface area contributed by atoms with E-state index in [1.54, 1.807) is 0 Å². The minimum absolute atomic E-state index is 0.0115. The van der Waals surface area contributed by atoms with Gasteiger partial charge in [-0.3, -0.25) is 4.79 Å². The number of thioether (sulfide) groups is 1. The Morgan fingerprint density at radius 2 is 2.10 bits per heavy atom. The van der Waals surface area contributed by atoms with Gasteiger partial charge in [-0.15, -0.1) is 6.42 Å². The molecular formula is C13H11F2NO3S. The molecule has 7 heteroatoms. The Morgan fingerprint density at radius 3 is 2.75 bits per heavy atom. The molecule has 0 spiro atoms. The van der Waals surface area contributed by atoms with Crippen LogP contribution in [0.5, 0.6) is 0 Å². The molecule has 0 heterocycles. The molecule has 0 unspecified atom stereocenters. The molecule has 0 saturated carbocycles. The van der Waals surface area contributed by atoms with Gasteiger partial charge in [-0.05, 0) is 12.1 Å². The van der Waals surface area contributed by atoms with Gasteiger partial charge in [-0.1, -0.05) is 29.8 Å². The predicted octanol–water partition coefficient (Wildman–Crippen LogP) is 1.91. The molecule has 1 aromatic carbocycles. The molecule has 1 aromatic rings. The second-order valence-corrected chi connectivity index (χ2v) is 4.46. The van der Waals surface area contributed by atoms with E-state index in [4.69, 9.17) is 11.2 Å². The number of hydrogen-bond acceptors (Lipinski definition) is 4. The topological polar surface area (TPSA) is 55.4 Å². The zero-order chi connectivity index (χ0) is 15.0. The second-order valence-electron chi connectivity index (χ2n) is 3.43. The fraction of sp³-hybridized carbons (Fsp3) is 0.231. The Morgan fingerprint density at radius 1 is 1.40 bits per heavy atom. The number of amides is 1. The molecule has 106 valence electrons. The highest BCUT2D eigenvalue weighted by Gasteiger charge is 2.17. The Kier molecular flexibility index (Phi) is 6.53. The molecular weight excluding hydrogens is 288 g/mol. The maximum Gasteiger partial charge on any atom is 0.339 e. The van der Waals surface area contributed by atoms with Gasteiger partial charge in [0.05, 0.1) is 12.1 Å². The number of nitrogens with one attached hydrogen (secondary N) is 1. The lowest BCUT2D eigenvalue weighted by molar-refractivity contribution is -0.123. The van der Waals surface area contributed by atoms with Crippen LogP contribution in [-0.4, -0.2) is 30.8 Å². The molecule has 4 nitrogen and oxygen atoms in total. The fourth-order valence-electron chi connectivity index (χ4n) is 1.24. The molecule has 0 aliphatic carbocycles. The van der Waals surface area contributed by atoms with E-state index in [9.17, 15) is 18.4 Å². The van der Waals surface area contributed by atoms with Crippen molar-refractivity contribution >= 4 is 23.6 Å². The summed E-state index contributed by atoms with van der Waals surface area (Å²) in [6.07, 6.45) is 4.94. The number of terminal acetylenes is 1. The van der Waals surface area contributed by atoms with Crippen molar-refractivity contribution in [2.75, 3.05) is 13.2 Å². The van der Waals surface area contributed by atoms with E-state index >= 15 is 0 Å². The van der Waals surface area contributed by atoms with Gasteiger partial charge in [0.2, 0.25) is 0 Å². The monoisotopic (exact) mass is 299 g/mol. The van der Waals surface area contributed by atoms with Crippen LogP contribution in [0.15, 0.2) is 29.2 Å². The maximum absolute atomic E-state index is 12.3. The number of hydrogen-bond donors (Lipinski definition) is 1. The van der Waals surface area contributed by atoms with Crippen LogP contribution in [0.25, 0.3) is 0 Å². The lowest BCUT2D eigenvalue weighted by Crippen LogP contribution is -2.29. The lowest BCUT2D eigenvalue weighted by Gasteiger charge is -2.08. The SMILES string of the molecule is C#CCNC(=O)COC(=O)c1ccccc1SC(F)F. The van der Waals surface area contributed by atoms with E-state index in [1.165, 1.54) is 24.3 Å². The van der Waals surface area contributed by atoms with E-state index < -0.39 is 24.2 Å². The minimum Gasteiger partial charge on any atom is -0.452 e. The summed E-state index contributed by atoms with van der Waals surface area (Å²) in [7, 11) is 0. The maximum atomic E-state index is 12.3. The summed E-state index contributed by atoms with van der Waals surface area (Å²) < 4.78 is 29.4. The van der Waals surface area contributed by atoms with Gasteiger partial charge in [0.15, 0.2) is 6.61 Å². The number of carbonyl (C=O) groups is 2. The Hall–Kier alpha value is -2.07. The van der Waals surface area contributed by atoms with Gasteiger partial charge in [-0.25, -0.2) is 4.79 Å².